The summed E-state index contributed by atoms with van der Waals surface area (Å²) in [5.41, 5.74) is 2.85. The van der Waals surface area contributed by atoms with Gasteiger partial charge in [-0.1, -0.05) is 0 Å². The summed E-state index contributed by atoms with van der Waals surface area (Å²) in [6.45, 7) is 3.86. The van der Waals surface area contributed by atoms with Crippen LogP contribution in [-0.2, 0) is 11.8 Å². The van der Waals surface area contributed by atoms with Gasteiger partial charge >= 0.3 is 0 Å². The van der Waals surface area contributed by atoms with Gasteiger partial charge in [0.25, 0.3) is 0 Å². The number of nitrogens with zero attached hydrogens (tertiary/aromatic N) is 2. The zero-order valence-corrected chi connectivity index (χ0v) is 10.8. The van der Waals surface area contributed by atoms with Crippen LogP contribution in [0.25, 0.3) is 0 Å². The Morgan fingerprint density at radius 2 is 2.17 bits per heavy atom. The van der Waals surface area contributed by atoms with Crippen molar-refractivity contribution in [1.82, 2.24) is 9.88 Å². The second-order valence-electron chi connectivity index (χ2n) is 4.82. The second-order valence-corrected chi connectivity index (χ2v) is 4.82. The highest BCUT2D eigenvalue weighted by Gasteiger charge is 2.39. The molecule has 1 aliphatic rings. The highest BCUT2D eigenvalue weighted by molar-refractivity contribution is 5.77. The highest BCUT2D eigenvalue weighted by Crippen LogP contribution is 2.29. The van der Waals surface area contributed by atoms with Crippen LogP contribution in [0.5, 0.6) is 0 Å². The van der Waals surface area contributed by atoms with E-state index in [1.54, 1.807) is 0 Å². The molecule has 1 N–H and O–H groups in total. The van der Waals surface area contributed by atoms with Crippen molar-refractivity contribution in [2.24, 2.45) is 7.05 Å². The molecule has 1 amide bonds. The Hall–Kier alpha value is -1.85. The topological polar surface area (TPSA) is 77.2 Å². The summed E-state index contributed by atoms with van der Waals surface area (Å²) < 4.78 is 1.98. The van der Waals surface area contributed by atoms with Gasteiger partial charge in [-0.25, -0.2) is 0 Å². The minimum absolute atomic E-state index is 0.112. The van der Waals surface area contributed by atoms with Gasteiger partial charge in [-0.15, -0.1) is 0 Å². The van der Waals surface area contributed by atoms with Crippen molar-refractivity contribution in [3.63, 3.8) is 0 Å². The molecule has 0 aromatic carbocycles. The molecule has 1 saturated heterocycles. The van der Waals surface area contributed by atoms with Gasteiger partial charge in [-0.2, -0.15) is 0 Å². The average molecular weight is 251 g/mol. The Labute approximate surface area is 105 Å². The normalized spacial score (nSPS) is 23.8. The molecule has 0 radical (unpaired) electrons. The van der Waals surface area contributed by atoms with Crippen LogP contribution in [0, 0.1) is 24.0 Å². The van der Waals surface area contributed by atoms with Gasteiger partial charge in [0.1, 0.15) is 6.04 Å². The lowest BCUT2D eigenvalue weighted by atomic mass is 9.92. The number of aromatic nitrogens is 1. The lowest BCUT2D eigenvalue weighted by molar-refractivity contribution is -0.529. The summed E-state index contributed by atoms with van der Waals surface area (Å²) in [5, 5.41) is 13.8. The van der Waals surface area contributed by atoms with Crippen LogP contribution in [0.2, 0.25) is 0 Å². The molecule has 98 valence electrons. The van der Waals surface area contributed by atoms with Gasteiger partial charge in [0.15, 0.2) is 0 Å². The van der Waals surface area contributed by atoms with Gasteiger partial charge < -0.3 is 9.88 Å². The number of piperidine rings is 1. The van der Waals surface area contributed by atoms with Crippen LogP contribution < -0.4 is 5.32 Å². The first-order chi connectivity index (χ1) is 8.41. The van der Waals surface area contributed by atoms with Crippen LogP contribution in [0.4, 0.5) is 0 Å². The third-order valence-electron chi connectivity index (χ3n) is 3.79. The van der Waals surface area contributed by atoms with Gasteiger partial charge in [-0.3, -0.25) is 14.9 Å². The molecule has 18 heavy (non-hydrogen) atoms. The van der Waals surface area contributed by atoms with E-state index in [0.717, 1.165) is 17.0 Å². The summed E-state index contributed by atoms with van der Waals surface area (Å²) in [7, 11) is 1.92. The van der Waals surface area contributed by atoms with E-state index in [0.29, 0.717) is 6.42 Å². The summed E-state index contributed by atoms with van der Waals surface area (Å²) in [6.07, 6.45) is 0.532. The van der Waals surface area contributed by atoms with Crippen LogP contribution in [0.15, 0.2) is 6.07 Å². The lowest BCUT2D eigenvalue weighted by Crippen LogP contribution is -2.45. The Balaban J connectivity index is 2.41. The van der Waals surface area contributed by atoms with E-state index in [9.17, 15) is 14.9 Å². The predicted molar refractivity (Wildman–Crippen MR) is 65.8 cm³/mol. The minimum Gasteiger partial charge on any atom is -0.352 e. The van der Waals surface area contributed by atoms with Crippen molar-refractivity contribution in [3.8, 4) is 0 Å². The number of carbonyl (C=O) groups excluding carboxylic acids is 1. The van der Waals surface area contributed by atoms with Crippen molar-refractivity contribution >= 4 is 5.91 Å². The summed E-state index contributed by atoms with van der Waals surface area (Å²) in [6, 6.07) is 0.673. The molecule has 0 spiro atoms. The summed E-state index contributed by atoms with van der Waals surface area (Å²) >= 11 is 0. The predicted octanol–water partition coefficient (Wildman–Crippen LogP) is 1.24. The Morgan fingerprint density at radius 1 is 1.50 bits per heavy atom. The molecule has 2 heterocycles. The highest BCUT2D eigenvalue weighted by atomic mass is 16.6. The fourth-order valence-electron chi connectivity index (χ4n) is 2.50. The van der Waals surface area contributed by atoms with E-state index < -0.39 is 12.1 Å². The second kappa shape index (κ2) is 4.44. The zero-order chi connectivity index (χ0) is 13.4. The van der Waals surface area contributed by atoms with Crippen LogP contribution in [0.3, 0.4) is 0 Å². The van der Waals surface area contributed by atoms with Crippen LogP contribution >= 0.6 is 0 Å². The molecule has 1 fully saturated rings. The molecule has 0 saturated carbocycles. The SMILES string of the molecule is Cc1cc([C@@H]2NC(=O)CC[C@H]2[N+](=O)[O-])c(C)n1C. The Bertz CT molecular complexity index is 507. The smallest absolute Gasteiger partial charge is 0.237 e. The first-order valence-electron chi connectivity index (χ1n) is 5.97. The molecule has 2 rings (SSSR count). The van der Waals surface area contributed by atoms with E-state index in [1.807, 2.05) is 31.5 Å². The van der Waals surface area contributed by atoms with Crippen molar-refractivity contribution in [1.29, 1.82) is 0 Å². The van der Waals surface area contributed by atoms with E-state index in [4.69, 9.17) is 0 Å². The minimum atomic E-state index is -0.733. The van der Waals surface area contributed by atoms with E-state index in [2.05, 4.69) is 5.32 Å². The fourth-order valence-corrected chi connectivity index (χ4v) is 2.50. The lowest BCUT2D eigenvalue weighted by Gasteiger charge is -2.26. The van der Waals surface area contributed by atoms with E-state index in [-0.39, 0.29) is 17.3 Å². The molecular formula is C12H17N3O3. The number of aryl methyl sites for hydroxylation is 1. The summed E-state index contributed by atoms with van der Waals surface area (Å²) in [5.74, 6) is -0.112. The standard InChI is InChI=1S/C12H17N3O3/c1-7-6-9(8(2)14(7)3)12-10(15(17)18)4-5-11(16)13-12/h6,10,12H,4-5H2,1-3H3,(H,13,16)/t10-,12+/m1/s1. The van der Waals surface area contributed by atoms with Gasteiger partial charge in [-0.05, 0) is 19.9 Å². The van der Waals surface area contributed by atoms with Gasteiger partial charge in [0.05, 0.1) is 0 Å². The zero-order valence-electron chi connectivity index (χ0n) is 10.8. The molecule has 0 unspecified atom stereocenters. The molecule has 1 aliphatic heterocycles. The number of hydrogen-bond acceptors (Lipinski definition) is 3. The van der Waals surface area contributed by atoms with Gasteiger partial charge in [0, 0.05) is 41.8 Å². The molecule has 2 atom stereocenters. The van der Waals surface area contributed by atoms with Crippen molar-refractivity contribution in [2.75, 3.05) is 0 Å². The monoisotopic (exact) mass is 251 g/mol. The molecule has 0 aliphatic carbocycles. The average Bonchev–Trinajstić information content (AvgIpc) is 2.56. The van der Waals surface area contributed by atoms with Gasteiger partial charge in [0.2, 0.25) is 11.9 Å². The maximum atomic E-state index is 11.5. The first kappa shape index (κ1) is 12.6. The molecular weight excluding hydrogens is 234 g/mol. The Morgan fingerprint density at radius 3 is 2.67 bits per heavy atom. The molecule has 1 aromatic heterocycles. The maximum absolute atomic E-state index is 11.5. The molecule has 0 bridgehead atoms. The number of amides is 1. The maximum Gasteiger partial charge on any atom is 0.237 e. The first-order valence-corrected chi connectivity index (χ1v) is 5.97. The van der Waals surface area contributed by atoms with E-state index in [1.165, 1.54) is 0 Å². The molecule has 6 heteroatoms. The van der Waals surface area contributed by atoms with Crippen LogP contribution in [0.1, 0.15) is 35.8 Å². The van der Waals surface area contributed by atoms with E-state index >= 15 is 0 Å². The summed E-state index contributed by atoms with van der Waals surface area (Å²) in [4.78, 5) is 22.3. The Kier molecular flexibility index (Phi) is 3.11. The van der Waals surface area contributed by atoms with Crippen molar-refractivity contribution in [3.05, 3.63) is 33.1 Å². The third kappa shape index (κ3) is 1.98. The van der Waals surface area contributed by atoms with Crippen LogP contribution in [-0.4, -0.2) is 21.4 Å². The van der Waals surface area contributed by atoms with Crippen molar-refractivity contribution < 1.29 is 9.72 Å². The largest absolute Gasteiger partial charge is 0.352 e. The number of rotatable bonds is 2. The number of hydrogen-bond donors (Lipinski definition) is 1. The third-order valence-corrected chi connectivity index (χ3v) is 3.79. The fraction of sp³-hybridized carbons (Fsp3) is 0.583. The quantitative estimate of drug-likeness (QED) is 0.634. The molecule has 6 nitrogen and oxygen atoms in total. The number of nitro groups is 1. The molecule has 1 aromatic rings. The number of carbonyl (C=O) groups is 1. The van der Waals surface area contributed by atoms with Crippen molar-refractivity contribution in [2.45, 2.75) is 38.8 Å². The number of nitrogens with one attached hydrogen (secondary N) is 1.